The normalized spacial score (nSPS) is 17.0. The van der Waals surface area contributed by atoms with Gasteiger partial charge in [-0.05, 0) is 76.3 Å². The second kappa shape index (κ2) is 15.9. The van der Waals surface area contributed by atoms with Crippen LogP contribution in [0.3, 0.4) is 0 Å². The first-order chi connectivity index (χ1) is 23.6. The Morgan fingerprint density at radius 2 is 1.67 bits per heavy atom. The van der Waals surface area contributed by atoms with Gasteiger partial charge in [-0.25, -0.2) is 4.99 Å². The molecule has 1 heterocycles. The minimum Gasteiger partial charge on any atom is -0.494 e. The zero-order chi connectivity index (χ0) is 34.9. The number of azide groups is 1. The predicted octanol–water partition coefficient (Wildman–Crippen LogP) is 7.74. The third kappa shape index (κ3) is 9.11. The molecule has 0 fully saturated rings. The summed E-state index contributed by atoms with van der Waals surface area (Å²) < 4.78 is 55.0. The molecule has 14 heteroatoms. The van der Waals surface area contributed by atoms with Crippen molar-refractivity contribution in [3.05, 3.63) is 140 Å². The van der Waals surface area contributed by atoms with E-state index in [1.54, 1.807) is 30.3 Å². The van der Waals surface area contributed by atoms with E-state index < -0.39 is 23.9 Å². The molecule has 49 heavy (non-hydrogen) atoms. The molecule has 0 bridgehead atoms. The highest BCUT2D eigenvalue weighted by atomic mass is 79.9. The maximum atomic E-state index is 14.5. The summed E-state index contributed by atoms with van der Waals surface area (Å²) in [6.45, 7) is 0.379. The van der Waals surface area contributed by atoms with Gasteiger partial charge in [0.05, 0.1) is 13.2 Å². The largest absolute Gasteiger partial charge is 0.573 e. The van der Waals surface area contributed by atoms with E-state index in [-0.39, 0.29) is 37.8 Å². The Morgan fingerprint density at radius 3 is 2.33 bits per heavy atom. The third-order valence-corrected chi connectivity index (χ3v) is 8.22. The number of hydrogen-bond donors (Lipinski definition) is 2. The van der Waals surface area contributed by atoms with Crippen LogP contribution in [0.25, 0.3) is 10.4 Å². The van der Waals surface area contributed by atoms with E-state index in [1.165, 1.54) is 24.3 Å². The van der Waals surface area contributed by atoms with Gasteiger partial charge in [-0.1, -0.05) is 69.6 Å². The molecule has 0 aliphatic carbocycles. The van der Waals surface area contributed by atoms with E-state index in [9.17, 15) is 18.0 Å². The Balaban J connectivity index is 1.55. The van der Waals surface area contributed by atoms with Crippen LogP contribution >= 0.6 is 15.9 Å². The minimum absolute atomic E-state index is 0.00803. The molecular formula is C35H31BrF3N5O5. The van der Waals surface area contributed by atoms with Gasteiger partial charge in [0.25, 0.3) is 5.91 Å². The molecule has 10 nitrogen and oxygen atoms in total. The lowest BCUT2D eigenvalue weighted by atomic mass is 9.81. The van der Waals surface area contributed by atoms with Crippen molar-refractivity contribution >= 4 is 27.7 Å². The molecule has 1 amide bonds. The summed E-state index contributed by atoms with van der Waals surface area (Å²) in [5.74, 6) is -0.0724. The molecule has 0 saturated carbocycles. The highest BCUT2D eigenvalue weighted by Crippen LogP contribution is 2.43. The number of aliphatic hydroxyl groups is 1. The molecule has 0 spiro atoms. The van der Waals surface area contributed by atoms with Crippen LogP contribution < -0.4 is 14.8 Å². The fraction of sp³-hybridized carbons (Fsp3) is 0.257. The van der Waals surface area contributed by atoms with Crippen LogP contribution in [0.1, 0.15) is 40.3 Å². The van der Waals surface area contributed by atoms with Gasteiger partial charge in [0.2, 0.25) is 5.90 Å². The van der Waals surface area contributed by atoms with Crippen LogP contribution in [0.2, 0.25) is 0 Å². The second-order valence-electron chi connectivity index (χ2n) is 11.0. The van der Waals surface area contributed by atoms with E-state index >= 15 is 0 Å². The second-order valence-corrected chi connectivity index (χ2v) is 12.0. The lowest BCUT2D eigenvalue weighted by Crippen LogP contribution is -2.49. The van der Waals surface area contributed by atoms with Crippen molar-refractivity contribution in [2.45, 2.75) is 43.9 Å². The Bertz CT molecular complexity index is 1820. The lowest BCUT2D eigenvalue weighted by molar-refractivity contribution is -0.274. The van der Waals surface area contributed by atoms with Crippen LogP contribution in [0, 0.1) is 0 Å². The van der Waals surface area contributed by atoms with Crippen LogP contribution in [0.5, 0.6) is 11.5 Å². The summed E-state index contributed by atoms with van der Waals surface area (Å²) in [5.41, 5.74) is 10.6. The average molecular weight is 739 g/mol. The summed E-state index contributed by atoms with van der Waals surface area (Å²) >= 11 is 3.46. The topological polar surface area (TPSA) is 138 Å². The van der Waals surface area contributed by atoms with Crippen molar-refractivity contribution in [1.82, 2.24) is 5.32 Å². The maximum absolute atomic E-state index is 14.5. The summed E-state index contributed by atoms with van der Waals surface area (Å²) in [6.07, 6.45) is -5.20. The molecule has 0 unspecified atom stereocenters. The van der Waals surface area contributed by atoms with Gasteiger partial charge in [0.1, 0.15) is 11.5 Å². The van der Waals surface area contributed by atoms with Crippen molar-refractivity contribution in [2.24, 2.45) is 10.1 Å². The zero-order valence-corrected chi connectivity index (χ0v) is 27.5. The Labute approximate surface area is 288 Å². The summed E-state index contributed by atoms with van der Waals surface area (Å²) in [7, 11) is 0. The van der Waals surface area contributed by atoms with Crippen molar-refractivity contribution in [3.8, 4) is 11.5 Å². The highest BCUT2D eigenvalue weighted by molar-refractivity contribution is 9.10. The van der Waals surface area contributed by atoms with Gasteiger partial charge in [-0.15, -0.1) is 13.2 Å². The van der Waals surface area contributed by atoms with Gasteiger partial charge < -0.3 is 24.6 Å². The lowest BCUT2D eigenvalue weighted by Gasteiger charge is -2.31. The number of alkyl halides is 3. The molecule has 5 rings (SSSR count). The average Bonchev–Trinajstić information content (AvgIpc) is 3.48. The molecule has 4 aromatic rings. The minimum atomic E-state index is -4.83. The first kappa shape index (κ1) is 35.3. The number of nitrogens with zero attached hydrogens (tertiary/aromatic N) is 4. The molecule has 2 N–H and O–H groups in total. The number of amides is 1. The fourth-order valence-corrected chi connectivity index (χ4v) is 5.61. The van der Waals surface area contributed by atoms with Gasteiger partial charge in [0.15, 0.2) is 11.6 Å². The number of ether oxygens (including phenoxy) is 3. The summed E-state index contributed by atoms with van der Waals surface area (Å²) in [4.78, 5) is 22.4. The number of aliphatic hydroxyl groups excluding tert-OH is 1. The number of rotatable bonds is 14. The number of benzene rings is 4. The number of carbonyl (C=O) groups is 1. The Hall–Kier alpha value is -5.04. The molecule has 2 atom stereocenters. The smallest absolute Gasteiger partial charge is 0.494 e. The van der Waals surface area contributed by atoms with Crippen LogP contribution in [0.4, 0.5) is 13.2 Å². The molecule has 4 aromatic carbocycles. The SMILES string of the molecule is [N-]=[N+]=NCc1ccccc1C[C@@]1(C(=O)NCc2ccc(OC(F)(F)F)cc2)N=C(c2ccc(OCCCO)cc2)O[C@@H]1c1ccc(Br)cc1. The van der Waals surface area contributed by atoms with Crippen LogP contribution in [0.15, 0.2) is 112 Å². The van der Waals surface area contributed by atoms with Crippen molar-refractivity contribution < 1.29 is 37.3 Å². The number of hydrogen-bond acceptors (Lipinski definition) is 7. The Morgan fingerprint density at radius 1 is 1.00 bits per heavy atom. The van der Waals surface area contributed by atoms with Gasteiger partial charge >= 0.3 is 6.36 Å². The Kier molecular flexibility index (Phi) is 11.4. The molecule has 0 aromatic heterocycles. The number of nitrogens with one attached hydrogen (secondary N) is 1. The number of halogens is 4. The van der Waals surface area contributed by atoms with E-state index in [1.807, 2.05) is 42.5 Å². The zero-order valence-electron chi connectivity index (χ0n) is 25.9. The van der Waals surface area contributed by atoms with E-state index in [4.69, 9.17) is 25.1 Å². The quantitative estimate of drug-likeness (QED) is 0.0590. The summed E-state index contributed by atoms with van der Waals surface area (Å²) in [5, 5.41) is 15.7. The molecule has 254 valence electrons. The standard InChI is InChI=1S/C35H31BrF3N5O5/c36-28-12-8-24(9-13-28)31-34(20-26-4-1-2-5-27(26)22-42-44-40,33(46)41-21-23-6-14-30(15-7-23)49-35(37,38)39)43-32(48-31)25-10-16-29(17-11-25)47-19-3-18-45/h1-2,4-17,31,45H,3,18-22H2,(H,41,46)/t31-,34-/m1/s1. The first-order valence-electron chi connectivity index (χ1n) is 15.2. The van der Waals surface area contributed by atoms with Crippen LogP contribution in [-0.2, 0) is 29.0 Å². The first-order valence-corrected chi connectivity index (χ1v) is 16.0. The van der Waals surface area contributed by atoms with Crippen molar-refractivity contribution in [1.29, 1.82) is 0 Å². The van der Waals surface area contributed by atoms with Crippen molar-refractivity contribution in [3.63, 3.8) is 0 Å². The molecule has 1 aliphatic rings. The number of aliphatic imine (C=N–C) groups is 1. The van der Waals surface area contributed by atoms with E-state index in [0.717, 1.165) is 4.47 Å². The van der Waals surface area contributed by atoms with Gasteiger partial charge in [0, 0.05) is 40.9 Å². The van der Waals surface area contributed by atoms with Gasteiger partial charge in [-0.2, -0.15) is 0 Å². The monoisotopic (exact) mass is 737 g/mol. The molecule has 0 saturated heterocycles. The summed E-state index contributed by atoms with van der Waals surface area (Å²) in [6, 6.07) is 26.8. The van der Waals surface area contributed by atoms with Crippen molar-refractivity contribution in [2.75, 3.05) is 13.2 Å². The molecule has 1 aliphatic heterocycles. The van der Waals surface area contributed by atoms with E-state index in [0.29, 0.717) is 46.6 Å². The molecular weight excluding hydrogens is 707 g/mol. The predicted molar refractivity (Wildman–Crippen MR) is 179 cm³/mol. The fourth-order valence-electron chi connectivity index (χ4n) is 5.35. The highest BCUT2D eigenvalue weighted by Gasteiger charge is 2.53. The third-order valence-electron chi connectivity index (χ3n) is 7.70. The van der Waals surface area contributed by atoms with E-state index in [2.05, 4.69) is 36.0 Å². The van der Waals surface area contributed by atoms with Crippen LogP contribution in [-0.4, -0.2) is 42.0 Å². The molecule has 0 radical (unpaired) electrons. The maximum Gasteiger partial charge on any atom is 0.573 e. The van der Waals surface area contributed by atoms with Gasteiger partial charge in [-0.3, -0.25) is 4.79 Å². The number of carbonyl (C=O) groups excluding carboxylic acids is 1.